The van der Waals surface area contributed by atoms with Crippen molar-refractivity contribution in [1.82, 2.24) is 10.2 Å². The Morgan fingerprint density at radius 2 is 1.49 bits per heavy atom. The number of nitrogens with zero attached hydrogens (tertiary/aromatic N) is 2. The Hall–Kier alpha value is -4.05. The number of nitrogens with one attached hydrogen (secondary N) is 1. The molecular formula is C36H37Cl2N3O5S. The number of amides is 2. The minimum atomic E-state index is -4.28. The third-order valence-corrected chi connectivity index (χ3v) is 10.5. The number of rotatable bonds is 13. The predicted octanol–water partition coefficient (Wildman–Crippen LogP) is 6.90. The van der Waals surface area contributed by atoms with Crippen molar-refractivity contribution in [3.8, 4) is 5.75 Å². The highest BCUT2D eigenvalue weighted by atomic mass is 35.5. The lowest BCUT2D eigenvalue weighted by molar-refractivity contribution is -0.140. The van der Waals surface area contributed by atoms with Gasteiger partial charge in [0.15, 0.2) is 0 Å². The maximum atomic E-state index is 14.6. The SMILES string of the molecule is COc1ccc(S(=O)(=O)N(CC(=O)N(Cc2cccc(Cl)c2)[C@H](Cc2ccccc2)C(=O)NC2CCCC2)c2cccc(Cl)c2)cc1. The lowest BCUT2D eigenvalue weighted by atomic mass is 10.0. The van der Waals surface area contributed by atoms with Crippen LogP contribution in [0, 0.1) is 0 Å². The normalized spacial score (nSPS) is 13.9. The van der Waals surface area contributed by atoms with E-state index in [9.17, 15) is 18.0 Å². The molecule has 1 fully saturated rings. The monoisotopic (exact) mass is 693 g/mol. The van der Waals surface area contributed by atoms with Crippen LogP contribution in [0.5, 0.6) is 5.75 Å². The van der Waals surface area contributed by atoms with E-state index in [4.69, 9.17) is 27.9 Å². The predicted molar refractivity (Wildman–Crippen MR) is 185 cm³/mol. The second-order valence-electron chi connectivity index (χ2n) is 11.5. The number of ether oxygens (including phenoxy) is 1. The van der Waals surface area contributed by atoms with Crippen molar-refractivity contribution in [3.05, 3.63) is 124 Å². The maximum Gasteiger partial charge on any atom is 0.264 e. The van der Waals surface area contributed by atoms with Gasteiger partial charge in [0.25, 0.3) is 10.0 Å². The summed E-state index contributed by atoms with van der Waals surface area (Å²) in [6.07, 6.45) is 4.02. The maximum absolute atomic E-state index is 14.6. The van der Waals surface area contributed by atoms with E-state index in [2.05, 4.69) is 5.32 Å². The lowest BCUT2D eigenvalue weighted by Crippen LogP contribution is -2.54. The molecule has 1 atom stereocenters. The summed E-state index contributed by atoms with van der Waals surface area (Å²) in [4.78, 5) is 30.1. The number of sulfonamides is 1. The molecule has 4 aromatic carbocycles. The van der Waals surface area contributed by atoms with Crippen molar-refractivity contribution in [2.24, 2.45) is 0 Å². The number of carbonyl (C=O) groups excluding carboxylic acids is 2. The molecule has 1 aliphatic carbocycles. The molecule has 0 saturated heterocycles. The summed E-state index contributed by atoms with van der Waals surface area (Å²) in [5.74, 6) is -0.368. The van der Waals surface area contributed by atoms with E-state index in [0.717, 1.165) is 35.6 Å². The number of hydrogen-bond donors (Lipinski definition) is 1. The molecule has 0 aromatic heterocycles. The minimum Gasteiger partial charge on any atom is -0.497 e. The van der Waals surface area contributed by atoms with Gasteiger partial charge in [-0.3, -0.25) is 13.9 Å². The molecule has 47 heavy (non-hydrogen) atoms. The Kier molecular flexibility index (Phi) is 11.4. The molecule has 0 heterocycles. The van der Waals surface area contributed by atoms with Crippen LogP contribution in [0.15, 0.2) is 108 Å². The van der Waals surface area contributed by atoms with Crippen LogP contribution in [-0.2, 0) is 32.6 Å². The van der Waals surface area contributed by atoms with Crippen molar-refractivity contribution < 1.29 is 22.7 Å². The molecule has 0 aliphatic heterocycles. The van der Waals surface area contributed by atoms with Gasteiger partial charge in [-0.15, -0.1) is 0 Å². The van der Waals surface area contributed by atoms with Gasteiger partial charge in [0.1, 0.15) is 18.3 Å². The Labute approximate surface area is 286 Å². The fraction of sp³-hybridized carbons (Fsp3) is 0.278. The molecule has 1 aliphatic rings. The van der Waals surface area contributed by atoms with Gasteiger partial charge in [-0.1, -0.05) is 84.6 Å². The van der Waals surface area contributed by atoms with Gasteiger partial charge < -0.3 is 15.0 Å². The molecule has 8 nitrogen and oxygen atoms in total. The number of benzene rings is 4. The van der Waals surface area contributed by atoms with Gasteiger partial charge in [0.2, 0.25) is 11.8 Å². The van der Waals surface area contributed by atoms with E-state index < -0.39 is 28.5 Å². The van der Waals surface area contributed by atoms with Crippen LogP contribution in [0.25, 0.3) is 0 Å². The van der Waals surface area contributed by atoms with Crippen LogP contribution >= 0.6 is 23.2 Å². The van der Waals surface area contributed by atoms with Gasteiger partial charge in [-0.25, -0.2) is 8.42 Å². The largest absolute Gasteiger partial charge is 0.497 e. The van der Waals surface area contributed by atoms with E-state index in [0.29, 0.717) is 21.4 Å². The molecule has 0 bridgehead atoms. The van der Waals surface area contributed by atoms with Crippen LogP contribution in [0.4, 0.5) is 5.69 Å². The summed E-state index contributed by atoms with van der Waals surface area (Å²) < 4.78 is 34.7. The summed E-state index contributed by atoms with van der Waals surface area (Å²) >= 11 is 12.6. The zero-order chi connectivity index (χ0) is 33.4. The molecule has 0 radical (unpaired) electrons. The first-order valence-electron chi connectivity index (χ1n) is 15.4. The molecule has 246 valence electrons. The van der Waals surface area contributed by atoms with E-state index in [-0.39, 0.29) is 35.5 Å². The third kappa shape index (κ3) is 8.86. The molecule has 0 unspecified atom stereocenters. The standard InChI is InChI=1S/C36H37Cl2N3O5S/c1-46-32-17-19-33(20-18-32)47(44,45)41(31-16-8-13-29(38)23-31)25-35(42)40(24-27-11-7-12-28(37)21-27)34(22-26-9-3-2-4-10-26)36(43)39-30-14-5-6-15-30/h2-4,7-13,16-21,23,30,34H,5-6,14-15,22,24-25H2,1H3,(H,39,43)/t34-/m1/s1. The van der Waals surface area contributed by atoms with Crippen molar-refractivity contribution in [1.29, 1.82) is 0 Å². The highest BCUT2D eigenvalue weighted by Crippen LogP contribution is 2.28. The number of carbonyl (C=O) groups is 2. The Morgan fingerprint density at radius 1 is 0.851 bits per heavy atom. The zero-order valence-corrected chi connectivity index (χ0v) is 28.3. The summed E-state index contributed by atoms with van der Waals surface area (Å²) in [6, 6.07) is 27.9. The van der Waals surface area contributed by atoms with Gasteiger partial charge in [0.05, 0.1) is 17.7 Å². The highest BCUT2D eigenvalue weighted by molar-refractivity contribution is 7.92. The molecule has 1 N–H and O–H groups in total. The van der Waals surface area contributed by atoms with E-state index in [1.807, 2.05) is 36.4 Å². The molecule has 2 amide bonds. The zero-order valence-electron chi connectivity index (χ0n) is 26.0. The average molecular weight is 695 g/mol. The second kappa shape index (κ2) is 15.7. The van der Waals surface area contributed by atoms with Crippen LogP contribution in [0.2, 0.25) is 10.0 Å². The highest BCUT2D eigenvalue weighted by Gasteiger charge is 2.35. The number of methoxy groups -OCH3 is 1. The van der Waals surface area contributed by atoms with Crippen molar-refractivity contribution in [2.45, 2.75) is 55.6 Å². The summed E-state index contributed by atoms with van der Waals surface area (Å²) in [5, 5.41) is 3.95. The van der Waals surface area contributed by atoms with Gasteiger partial charge in [-0.2, -0.15) is 0 Å². The lowest BCUT2D eigenvalue weighted by Gasteiger charge is -2.34. The molecule has 5 rings (SSSR count). The van der Waals surface area contributed by atoms with Gasteiger partial charge in [0, 0.05) is 29.1 Å². The number of halogens is 2. The first-order chi connectivity index (χ1) is 22.6. The topological polar surface area (TPSA) is 96.0 Å². The van der Waals surface area contributed by atoms with Crippen LogP contribution < -0.4 is 14.4 Å². The van der Waals surface area contributed by atoms with Crippen LogP contribution in [0.3, 0.4) is 0 Å². The van der Waals surface area contributed by atoms with Crippen LogP contribution in [0.1, 0.15) is 36.8 Å². The number of hydrogen-bond acceptors (Lipinski definition) is 5. The molecule has 1 saturated carbocycles. The first-order valence-corrected chi connectivity index (χ1v) is 17.6. The van der Waals surface area contributed by atoms with E-state index >= 15 is 0 Å². The van der Waals surface area contributed by atoms with Crippen LogP contribution in [-0.4, -0.2) is 50.9 Å². The Bertz CT molecular complexity index is 1780. The summed E-state index contributed by atoms with van der Waals surface area (Å²) in [6.45, 7) is -0.557. The summed E-state index contributed by atoms with van der Waals surface area (Å²) in [5.41, 5.74) is 1.77. The molecule has 4 aromatic rings. The van der Waals surface area contributed by atoms with Crippen molar-refractivity contribution >= 4 is 50.7 Å². The van der Waals surface area contributed by atoms with Crippen molar-refractivity contribution in [3.63, 3.8) is 0 Å². The third-order valence-electron chi connectivity index (χ3n) is 8.24. The quantitative estimate of drug-likeness (QED) is 0.164. The first kappa shape index (κ1) is 34.3. The Balaban J connectivity index is 1.56. The smallest absolute Gasteiger partial charge is 0.264 e. The molecule has 0 spiro atoms. The van der Waals surface area contributed by atoms with Gasteiger partial charge >= 0.3 is 0 Å². The fourth-order valence-corrected chi connectivity index (χ4v) is 7.59. The van der Waals surface area contributed by atoms with Gasteiger partial charge in [-0.05, 0) is 78.6 Å². The molecular weight excluding hydrogens is 657 g/mol. The summed E-state index contributed by atoms with van der Waals surface area (Å²) in [7, 11) is -2.79. The fourth-order valence-electron chi connectivity index (χ4n) is 5.79. The number of anilines is 1. The second-order valence-corrected chi connectivity index (χ2v) is 14.2. The average Bonchev–Trinajstić information content (AvgIpc) is 3.58. The van der Waals surface area contributed by atoms with E-state index in [1.165, 1.54) is 30.2 Å². The molecule has 11 heteroatoms. The van der Waals surface area contributed by atoms with E-state index in [1.54, 1.807) is 48.5 Å². The van der Waals surface area contributed by atoms with Crippen molar-refractivity contribution in [2.75, 3.05) is 18.0 Å². The minimum absolute atomic E-state index is 0.0160. The Morgan fingerprint density at radius 3 is 2.13 bits per heavy atom.